The van der Waals surface area contributed by atoms with Gasteiger partial charge in [0.05, 0.1) is 24.9 Å². The molecule has 8 nitrogen and oxygen atoms in total. The Hall–Kier alpha value is -3.42. The summed E-state index contributed by atoms with van der Waals surface area (Å²) in [4.78, 5) is 25.4. The number of nitrogens with one attached hydrogen (secondary N) is 2. The van der Waals surface area contributed by atoms with Gasteiger partial charge in [0.15, 0.2) is 0 Å². The Bertz CT molecular complexity index is 1200. The first-order valence-electron chi connectivity index (χ1n) is 10.4. The normalized spacial score (nSPS) is 15.1. The van der Waals surface area contributed by atoms with Crippen molar-refractivity contribution in [3.63, 3.8) is 0 Å². The number of aromatic nitrogens is 1. The average Bonchev–Trinajstić information content (AvgIpc) is 3.54. The van der Waals surface area contributed by atoms with Crippen molar-refractivity contribution in [2.45, 2.75) is 32.7 Å². The molecule has 0 fully saturated rings. The number of carbonyl (C=O) groups excluding carboxylic acids is 2. The maximum Gasteiger partial charge on any atom is 0.407 e. The molecule has 2 N–H and O–H groups in total. The van der Waals surface area contributed by atoms with Crippen LogP contribution in [0.2, 0.25) is 0 Å². The van der Waals surface area contributed by atoms with Crippen LogP contribution in [0.15, 0.2) is 33.6 Å². The van der Waals surface area contributed by atoms with Gasteiger partial charge >= 0.3 is 6.09 Å². The number of amides is 2. The van der Waals surface area contributed by atoms with E-state index in [9.17, 15) is 14.9 Å². The summed E-state index contributed by atoms with van der Waals surface area (Å²) in [5, 5.41) is 23.3. The molecule has 2 amide bonds. The number of hydrogen-bond donors (Lipinski definition) is 2. The van der Waals surface area contributed by atoms with Crippen LogP contribution in [0.1, 0.15) is 39.3 Å². The second-order valence-corrected chi connectivity index (χ2v) is 9.55. The van der Waals surface area contributed by atoms with Crippen molar-refractivity contribution in [1.82, 2.24) is 10.5 Å². The molecular weight excluding hydrogens is 460 g/mol. The van der Waals surface area contributed by atoms with E-state index in [1.54, 1.807) is 30.5 Å². The lowest BCUT2D eigenvalue weighted by molar-refractivity contribution is -0.111. The van der Waals surface area contributed by atoms with E-state index < -0.39 is 6.09 Å². The van der Waals surface area contributed by atoms with E-state index in [2.05, 4.69) is 21.9 Å². The van der Waals surface area contributed by atoms with E-state index in [4.69, 9.17) is 9.26 Å². The van der Waals surface area contributed by atoms with Crippen molar-refractivity contribution in [2.75, 3.05) is 11.9 Å². The summed E-state index contributed by atoms with van der Waals surface area (Å²) in [6.07, 6.45) is 6.51. The van der Waals surface area contributed by atoms with E-state index >= 15 is 0 Å². The van der Waals surface area contributed by atoms with E-state index in [1.807, 2.05) is 16.8 Å². The molecule has 1 unspecified atom stereocenters. The van der Waals surface area contributed by atoms with Crippen LogP contribution in [0.25, 0.3) is 6.08 Å². The standard InChI is InChI=1S/C23H22N4O4S2/c1-14-17(11-26-31-14)10-25-23(29)30-12-16-2-4-18-19(9-24)22(33-20(18)8-16)27-21(28)5-3-15-6-7-32-13-15/h3,5-7,11,13,16H,2,4,8,10,12H2,1H3,(H,25,29)(H,27,28). The molecule has 0 saturated carbocycles. The summed E-state index contributed by atoms with van der Waals surface area (Å²) in [5.74, 6) is 0.551. The third-order valence-electron chi connectivity index (χ3n) is 5.41. The summed E-state index contributed by atoms with van der Waals surface area (Å²) in [7, 11) is 0. The number of hydrogen-bond acceptors (Lipinski definition) is 8. The SMILES string of the molecule is Cc1oncc1CNC(=O)OCC1CCc2c(sc(NC(=O)C=Cc3ccsc3)c2C#N)C1. The number of thiophene rings is 2. The average molecular weight is 483 g/mol. The van der Waals surface area contributed by atoms with Crippen LogP contribution < -0.4 is 10.6 Å². The molecule has 4 rings (SSSR count). The van der Waals surface area contributed by atoms with Gasteiger partial charge in [-0.2, -0.15) is 16.6 Å². The Morgan fingerprint density at radius 1 is 1.45 bits per heavy atom. The molecule has 1 aliphatic carbocycles. The van der Waals surface area contributed by atoms with E-state index in [-0.39, 0.29) is 11.8 Å². The lowest BCUT2D eigenvalue weighted by atomic mass is 9.88. The highest BCUT2D eigenvalue weighted by Gasteiger charge is 2.27. The van der Waals surface area contributed by atoms with Gasteiger partial charge in [-0.05, 0) is 66.1 Å². The third kappa shape index (κ3) is 5.69. The summed E-state index contributed by atoms with van der Waals surface area (Å²) in [5.41, 5.74) is 3.29. The molecule has 10 heteroatoms. The third-order valence-corrected chi connectivity index (χ3v) is 7.28. The predicted molar refractivity (Wildman–Crippen MR) is 126 cm³/mol. The van der Waals surface area contributed by atoms with Crippen molar-refractivity contribution in [2.24, 2.45) is 5.92 Å². The van der Waals surface area contributed by atoms with E-state index in [0.29, 0.717) is 42.3 Å². The van der Waals surface area contributed by atoms with Gasteiger partial charge in [-0.15, -0.1) is 11.3 Å². The predicted octanol–water partition coefficient (Wildman–Crippen LogP) is 4.66. The first-order valence-corrected chi connectivity index (χ1v) is 12.2. The molecule has 33 heavy (non-hydrogen) atoms. The lowest BCUT2D eigenvalue weighted by Crippen LogP contribution is -2.27. The number of carbonyl (C=O) groups is 2. The first-order chi connectivity index (χ1) is 16.0. The summed E-state index contributed by atoms with van der Waals surface area (Å²) < 4.78 is 10.4. The number of nitrogens with zero attached hydrogens (tertiary/aromatic N) is 2. The number of fused-ring (bicyclic) bond motifs is 1. The molecule has 3 aromatic heterocycles. The first kappa shape index (κ1) is 22.8. The van der Waals surface area contributed by atoms with Gasteiger partial charge in [0.2, 0.25) is 5.91 Å². The minimum atomic E-state index is -0.490. The fraction of sp³-hybridized carbons (Fsp3) is 0.304. The number of alkyl carbamates (subject to hydrolysis) is 1. The number of nitriles is 1. The summed E-state index contributed by atoms with van der Waals surface area (Å²) >= 11 is 2.99. The quantitative estimate of drug-likeness (QED) is 0.473. The Morgan fingerprint density at radius 2 is 2.33 bits per heavy atom. The number of anilines is 1. The van der Waals surface area contributed by atoms with Crippen molar-refractivity contribution in [1.29, 1.82) is 5.26 Å². The monoisotopic (exact) mass is 482 g/mol. The largest absolute Gasteiger partial charge is 0.449 e. The van der Waals surface area contributed by atoms with E-state index in [0.717, 1.165) is 28.0 Å². The van der Waals surface area contributed by atoms with Gasteiger partial charge in [0.1, 0.15) is 16.8 Å². The van der Waals surface area contributed by atoms with Crippen LogP contribution in [0.4, 0.5) is 9.80 Å². The van der Waals surface area contributed by atoms with E-state index in [1.165, 1.54) is 17.4 Å². The van der Waals surface area contributed by atoms with Crippen LogP contribution in [0, 0.1) is 24.2 Å². The Kier molecular flexibility index (Phi) is 7.22. The highest BCUT2D eigenvalue weighted by Crippen LogP contribution is 2.39. The molecule has 0 spiro atoms. The topological polar surface area (TPSA) is 117 Å². The van der Waals surface area contributed by atoms with Crippen molar-refractivity contribution >= 4 is 45.8 Å². The molecular formula is C23H22N4O4S2. The molecule has 170 valence electrons. The highest BCUT2D eigenvalue weighted by molar-refractivity contribution is 7.16. The Balaban J connectivity index is 1.31. The van der Waals surface area contributed by atoms with Crippen LogP contribution in [-0.2, 0) is 28.9 Å². The summed E-state index contributed by atoms with van der Waals surface area (Å²) in [6.45, 7) is 2.37. The van der Waals surface area contributed by atoms with Crippen LogP contribution in [0.5, 0.6) is 0 Å². The molecule has 0 bridgehead atoms. The number of rotatable bonds is 7. The second kappa shape index (κ2) is 10.5. The van der Waals surface area contributed by atoms with Gasteiger partial charge < -0.3 is 19.9 Å². The highest BCUT2D eigenvalue weighted by atomic mass is 32.1. The zero-order valence-electron chi connectivity index (χ0n) is 17.9. The number of aryl methyl sites for hydroxylation is 1. The van der Waals surface area contributed by atoms with Gasteiger partial charge in [-0.25, -0.2) is 4.79 Å². The molecule has 1 aliphatic rings. The fourth-order valence-corrected chi connectivity index (χ4v) is 5.54. The van der Waals surface area contributed by atoms with Crippen LogP contribution in [0.3, 0.4) is 0 Å². The van der Waals surface area contributed by atoms with Gasteiger partial charge in [-0.1, -0.05) is 5.16 Å². The maximum atomic E-state index is 12.3. The zero-order valence-corrected chi connectivity index (χ0v) is 19.6. The van der Waals surface area contributed by atoms with Crippen LogP contribution in [-0.4, -0.2) is 23.8 Å². The summed E-state index contributed by atoms with van der Waals surface area (Å²) in [6, 6.07) is 4.17. The maximum absolute atomic E-state index is 12.3. The zero-order chi connectivity index (χ0) is 23.2. The Labute approximate surface area is 198 Å². The van der Waals surface area contributed by atoms with Crippen molar-refractivity contribution in [3.8, 4) is 6.07 Å². The van der Waals surface area contributed by atoms with Gasteiger partial charge in [-0.3, -0.25) is 4.79 Å². The second-order valence-electron chi connectivity index (χ2n) is 7.67. The lowest BCUT2D eigenvalue weighted by Gasteiger charge is -2.21. The molecule has 0 radical (unpaired) electrons. The van der Waals surface area contributed by atoms with Gasteiger partial charge in [0.25, 0.3) is 0 Å². The smallest absolute Gasteiger partial charge is 0.407 e. The molecule has 0 aliphatic heterocycles. The van der Waals surface area contributed by atoms with Gasteiger partial charge in [0, 0.05) is 16.5 Å². The minimum Gasteiger partial charge on any atom is -0.449 e. The van der Waals surface area contributed by atoms with Crippen molar-refractivity contribution < 1.29 is 18.8 Å². The Morgan fingerprint density at radius 3 is 3.06 bits per heavy atom. The van der Waals surface area contributed by atoms with Crippen molar-refractivity contribution in [3.05, 3.63) is 62.0 Å². The molecule has 3 aromatic rings. The fourth-order valence-electron chi connectivity index (χ4n) is 3.60. The minimum absolute atomic E-state index is 0.160. The van der Waals surface area contributed by atoms with Crippen LogP contribution >= 0.6 is 22.7 Å². The molecule has 1 atom stereocenters. The number of ether oxygens (including phenoxy) is 1. The molecule has 3 heterocycles. The molecule has 0 aromatic carbocycles. The molecule has 0 saturated heterocycles.